The van der Waals surface area contributed by atoms with E-state index in [0.717, 1.165) is 25.9 Å². The van der Waals surface area contributed by atoms with E-state index in [1.165, 1.54) is 0 Å². The number of nitrogens with one attached hydrogen (secondary N) is 1. The number of rotatable bonds is 2. The number of esters is 1. The molecule has 1 heterocycles. The molecule has 12 heavy (non-hydrogen) atoms. The van der Waals surface area contributed by atoms with Crippen LogP contribution >= 0.6 is 12.6 Å². The molecule has 0 saturated carbocycles. The predicted molar refractivity (Wildman–Crippen MR) is 50.5 cm³/mol. The molecule has 0 spiro atoms. The molecule has 3 nitrogen and oxygen atoms in total. The summed E-state index contributed by atoms with van der Waals surface area (Å²) in [6, 6.07) is 0. The fraction of sp³-hybridized carbons (Fsp3) is 0.875. The third-order valence-corrected chi connectivity index (χ3v) is 2.31. The number of ether oxygens (including phenoxy) is 1. The van der Waals surface area contributed by atoms with E-state index in [-0.39, 0.29) is 17.3 Å². The van der Waals surface area contributed by atoms with Crippen LogP contribution in [-0.4, -0.2) is 30.4 Å². The van der Waals surface area contributed by atoms with Crippen LogP contribution in [-0.2, 0) is 9.53 Å². The first-order valence-electron chi connectivity index (χ1n) is 4.20. The molecule has 1 aliphatic rings. The second-order valence-corrected chi connectivity index (χ2v) is 3.68. The maximum Gasteiger partial charge on any atom is 0.316 e. The quantitative estimate of drug-likeness (QED) is 0.493. The van der Waals surface area contributed by atoms with Crippen molar-refractivity contribution in [3.8, 4) is 0 Å². The Hall–Kier alpha value is -0.220. The first-order chi connectivity index (χ1) is 5.66. The fourth-order valence-corrected chi connectivity index (χ4v) is 1.49. The highest BCUT2D eigenvalue weighted by Gasteiger charge is 2.29. The van der Waals surface area contributed by atoms with Crippen molar-refractivity contribution >= 4 is 18.6 Å². The zero-order valence-corrected chi connectivity index (χ0v) is 8.19. The van der Waals surface area contributed by atoms with Crippen LogP contribution in [0.2, 0.25) is 0 Å². The Morgan fingerprint density at radius 3 is 3.00 bits per heavy atom. The summed E-state index contributed by atoms with van der Waals surface area (Å²) in [5.74, 6) is -0.0696. The van der Waals surface area contributed by atoms with Gasteiger partial charge in [0.25, 0.3) is 0 Å². The number of carbonyl (C=O) groups is 1. The van der Waals surface area contributed by atoms with Gasteiger partial charge in [0.2, 0.25) is 0 Å². The molecule has 70 valence electrons. The normalized spacial score (nSPS) is 29.8. The maximum atomic E-state index is 11.0. The fourth-order valence-electron chi connectivity index (χ4n) is 1.42. The van der Waals surface area contributed by atoms with Gasteiger partial charge >= 0.3 is 5.97 Å². The van der Waals surface area contributed by atoms with E-state index in [0.29, 0.717) is 0 Å². The van der Waals surface area contributed by atoms with Crippen LogP contribution in [0.3, 0.4) is 0 Å². The van der Waals surface area contributed by atoms with E-state index in [9.17, 15) is 4.79 Å². The third-order valence-electron chi connectivity index (χ3n) is 2.05. The van der Waals surface area contributed by atoms with Gasteiger partial charge in [-0.15, -0.1) is 0 Å². The average Bonchev–Trinajstić information content (AvgIpc) is 2.05. The Morgan fingerprint density at radius 1 is 1.75 bits per heavy atom. The lowest BCUT2D eigenvalue weighted by Crippen LogP contribution is -2.46. The van der Waals surface area contributed by atoms with E-state index in [2.05, 4.69) is 17.9 Å². The zero-order valence-electron chi connectivity index (χ0n) is 7.30. The Bertz CT molecular complexity index is 166. The molecule has 4 heteroatoms. The van der Waals surface area contributed by atoms with Crippen LogP contribution in [0.1, 0.15) is 19.8 Å². The monoisotopic (exact) mass is 189 g/mol. The molecular formula is C8H15NO2S. The summed E-state index contributed by atoms with van der Waals surface area (Å²) in [6.07, 6.45) is 2.01. The summed E-state index contributed by atoms with van der Waals surface area (Å²) in [6.45, 7) is 3.74. The molecule has 1 N–H and O–H groups in total. The minimum absolute atomic E-state index is 0.162. The van der Waals surface area contributed by atoms with Gasteiger partial charge in [-0.05, 0) is 26.3 Å². The number of hydrogen-bond acceptors (Lipinski definition) is 4. The van der Waals surface area contributed by atoms with Crippen molar-refractivity contribution in [1.82, 2.24) is 5.32 Å². The van der Waals surface area contributed by atoms with Crippen molar-refractivity contribution in [3.05, 3.63) is 0 Å². The van der Waals surface area contributed by atoms with E-state index in [1.807, 2.05) is 6.92 Å². The highest BCUT2D eigenvalue weighted by molar-refractivity contribution is 7.81. The summed E-state index contributed by atoms with van der Waals surface area (Å²) in [5, 5.41) is 3.20. The van der Waals surface area contributed by atoms with Crippen molar-refractivity contribution < 1.29 is 9.53 Å². The average molecular weight is 189 g/mol. The minimum Gasteiger partial charge on any atom is -0.457 e. The van der Waals surface area contributed by atoms with E-state index < -0.39 is 0 Å². The van der Waals surface area contributed by atoms with Gasteiger partial charge in [0.1, 0.15) is 5.60 Å². The summed E-state index contributed by atoms with van der Waals surface area (Å²) in [5.41, 5.74) is -0.307. The standard InChI is InChI=1S/C8H15NO2S/c1-8(11-7(10)5-12)3-2-4-9-6-8/h9,12H,2-6H2,1H3. The van der Waals surface area contributed by atoms with Gasteiger partial charge in [-0.3, -0.25) is 4.79 Å². The zero-order chi connectivity index (χ0) is 9.03. The Morgan fingerprint density at radius 2 is 2.50 bits per heavy atom. The van der Waals surface area contributed by atoms with Crippen LogP contribution < -0.4 is 5.32 Å². The highest BCUT2D eigenvalue weighted by atomic mass is 32.1. The summed E-state index contributed by atoms with van der Waals surface area (Å²) >= 11 is 3.86. The van der Waals surface area contributed by atoms with Crippen molar-refractivity contribution in [3.63, 3.8) is 0 Å². The Kier molecular flexibility index (Phi) is 3.40. The lowest BCUT2D eigenvalue weighted by atomic mass is 9.96. The highest BCUT2D eigenvalue weighted by Crippen LogP contribution is 2.20. The second-order valence-electron chi connectivity index (χ2n) is 3.36. The Labute approximate surface area is 78.3 Å². The van der Waals surface area contributed by atoms with Gasteiger partial charge in [-0.25, -0.2) is 0 Å². The van der Waals surface area contributed by atoms with E-state index in [4.69, 9.17) is 4.74 Å². The summed E-state index contributed by atoms with van der Waals surface area (Å²) in [4.78, 5) is 11.0. The molecule has 0 amide bonds. The lowest BCUT2D eigenvalue weighted by Gasteiger charge is -2.33. The van der Waals surface area contributed by atoms with Crippen molar-refractivity contribution in [2.45, 2.75) is 25.4 Å². The smallest absolute Gasteiger partial charge is 0.316 e. The first-order valence-corrected chi connectivity index (χ1v) is 4.83. The van der Waals surface area contributed by atoms with Gasteiger partial charge in [0, 0.05) is 6.54 Å². The van der Waals surface area contributed by atoms with Gasteiger partial charge in [-0.1, -0.05) is 0 Å². The van der Waals surface area contributed by atoms with E-state index in [1.54, 1.807) is 0 Å². The predicted octanol–water partition coefficient (Wildman–Crippen LogP) is 0.601. The maximum absolute atomic E-state index is 11.0. The molecule has 1 aliphatic heterocycles. The summed E-state index contributed by atoms with van der Waals surface area (Å²) in [7, 11) is 0. The molecule has 0 aromatic heterocycles. The second kappa shape index (κ2) is 4.14. The molecule has 1 saturated heterocycles. The van der Waals surface area contributed by atoms with E-state index >= 15 is 0 Å². The van der Waals surface area contributed by atoms with Crippen LogP contribution in [0, 0.1) is 0 Å². The number of piperidine rings is 1. The lowest BCUT2D eigenvalue weighted by molar-refractivity contribution is -0.156. The molecule has 0 radical (unpaired) electrons. The topological polar surface area (TPSA) is 38.3 Å². The number of hydrogen-bond donors (Lipinski definition) is 2. The van der Waals surface area contributed by atoms with Gasteiger partial charge < -0.3 is 10.1 Å². The van der Waals surface area contributed by atoms with Gasteiger partial charge in [-0.2, -0.15) is 12.6 Å². The van der Waals surface area contributed by atoms with Gasteiger partial charge in [0.05, 0.1) is 5.75 Å². The summed E-state index contributed by atoms with van der Waals surface area (Å²) < 4.78 is 5.25. The number of carbonyl (C=O) groups excluding carboxylic acids is 1. The molecule has 1 unspecified atom stereocenters. The van der Waals surface area contributed by atoms with Crippen molar-refractivity contribution in [2.24, 2.45) is 0 Å². The SMILES string of the molecule is CC1(OC(=O)CS)CCCNC1. The molecule has 1 fully saturated rings. The Balaban J connectivity index is 2.41. The van der Waals surface area contributed by atoms with Crippen LogP contribution in [0.4, 0.5) is 0 Å². The van der Waals surface area contributed by atoms with Crippen LogP contribution in [0.25, 0.3) is 0 Å². The van der Waals surface area contributed by atoms with Crippen LogP contribution in [0.15, 0.2) is 0 Å². The van der Waals surface area contributed by atoms with Crippen molar-refractivity contribution in [1.29, 1.82) is 0 Å². The molecule has 0 bridgehead atoms. The largest absolute Gasteiger partial charge is 0.457 e. The molecule has 0 aromatic carbocycles. The molecule has 1 atom stereocenters. The first kappa shape index (κ1) is 9.86. The molecule has 1 rings (SSSR count). The van der Waals surface area contributed by atoms with Gasteiger partial charge in [0.15, 0.2) is 0 Å². The molecule has 0 aromatic rings. The molecule has 0 aliphatic carbocycles. The third kappa shape index (κ3) is 2.68. The van der Waals surface area contributed by atoms with Crippen LogP contribution in [0.5, 0.6) is 0 Å². The number of thiol groups is 1. The molecular weight excluding hydrogens is 174 g/mol. The minimum atomic E-state index is -0.307. The van der Waals surface area contributed by atoms with Crippen molar-refractivity contribution in [2.75, 3.05) is 18.8 Å².